The Balaban J connectivity index is 0.000000241. The topological polar surface area (TPSA) is 53.0 Å². The molecule has 0 saturated heterocycles. The monoisotopic (exact) mass is 633 g/mol. The molecule has 0 aliphatic carbocycles. The van der Waals surface area contributed by atoms with E-state index >= 15 is 0 Å². The summed E-state index contributed by atoms with van der Waals surface area (Å²) in [7, 11) is 3.92. The van der Waals surface area contributed by atoms with Gasteiger partial charge in [0.15, 0.2) is 0 Å². The maximum atomic E-state index is 13.0. The van der Waals surface area contributed by atoms with E-state index in [0.29, 0.717) is 25.5 Å². The molecule has 0 saturated carbocycles. The highest BCUT2D eigenvalue weighted by molar-refractivity contribution is 9.11. The van der Waals surface area contributed by atoms with Crippen molar-refractivity contribution >= 4 is 47.8 Å². The molecular formula is C23H21Br3F3N3. The molecule has 0 aromatic heterocycles. The third-order valence-electron chi connectivity index (χ3n) is 3.75. The second-order valence-electron chi connectivity index (χ2n) is 6.68. The fourth-order valence-corrected chi connectivity index (χ4v) is 2.98. The molecule has 0 atom stereocenters. The summed E-state index contributed by atoms with van der Waals surface area (Å²) < 4.78 is 39.6. The van der Waals surface area contributed by atoms with Crippen molar-refractivity contribution in [3.63, 3.8) is 0 Å². The van der Waals surface area contributed by atoms with Crippen LogP contribution in [0.25, 0.3) is 0 Å². The maximum absolute atomic E-state index is 13.0. The SMILES string of the molecule is CN(C)Cc1ccc(Br)c(F)c1.N#Cc1ccc(Br)c(F)c1.NCc1ccc(Br)c(F)c1. The number of rotatable bonds is 3. The van der Waals surface area contributed by atoms with Crippen LogP contribution in [0.3, 0.4) is 0 Å². The molecule has 32 heavy (non-hydrogen) atoms. The van der Waals surface area contributed by atoms with E-state index in [0.717, 1.165) is 17.7 Å². The Labute approximate surface area is 211 Å². The Hall–Kier alpha value is -1.70. The van der Waals surface area contributed by atoms with Crippen molar-refractivity contribution in [3.05, 3.63) is 102 Å². The van der Waals surface area contributed by atoms with Crippen LogP contribution >= 0.6 is 47.8 Å². The van der Waals surface area contributed by atoms with Crippen molar-refractivity contribution in [2.45, 2.75) is 13.1 Å². The number of hydrogen-bond donors (Lipinski definition) is 1. The van der Waals surface area contributed by atoms with Gasteiger partial charge in [0, 0.05) is 13.1 Å². The molecule has 0 unspecified atom stereocenters. The predicted octanol–water partition coefficient (Wildman–Crippen LogP) is 7.16. The van der Waals surface area contributed by atoms with Crippen LogP contribution in [0.1, 0.15) is 16.7 Å². The Kier molecular flexibility index (Phi) is 12.8. The molecule has 3 rings (SSSR count). The Morgan fingerprint density at radius 1 is 0.781 bits per heavy atom. The quantitative estimate of drug-likeness (QED) is 0.332. The summed E-state index contributed by atoms with van der Waals surface area (Å²) in [5.41, 5.74) is 7.41. The number of nitrogens with two attached hydrogens (primary N) is 1. The van der Waals surface area contributed by atoms with Crippen molar-refractivity contribution in [1.29, 1.82) is 5.26 Å². The minimum atomic E-state index is -0.404. The lowest BCUT2D eigenvalue weighted by Gasteiger charge is -2.09. The lowest BCUT2D eigenvalue weighted by atomic mass is 10.2. The van der Waals surface area contributed by atoms with Crippen LogP contribution in [0.4, 0.5) is 13.2 Å². The minimum absolute atomic E-state index is 0.200. The first kappa shape index (κ1) is 28.3. The number of nitriles is 1. The van der Waals surface area contributed by atoms with Gasteiger partial charge in [-0.1, -0.05) is 12.1 Å². The molecule has 3 aromatic rings. The lowest BCUT2D eigenvalue weighted by Crippen LogP contribution is -2.10. The van der Waals surface area contributed by atoms with Crippen molar-refractivity contribution in [2.24, 2.45) is 5.73 Å². The zero-order chi connectivity index (χ0) is 24.3. The van der Waals surface area contributed by atoms with E-state index < -0.39 is 5.82 Å². The Morgan fingerprint density at radius 3 is 1.62 bits per heavy atom. The van der Waals surface area contributed by atoms with Crippen LogP contribution in [-0.2, 0) is 13.1 Å². The van der Waals surface area contributed by atoms with E-state index in [1.807, 2.05) is 31.1 Å². The van der Waals surface area contributed by atoms with Gasteiger partial charge in [-0.05, 0) is 115 Å². The van der Waals surface area contributed by atoms with Crippen LogP contribution in [0.5, 0.6) is 0 Å². The molecule has 0 fully saturated rings. The molecule has 170 valence electrons. The highest BCUT2D eigenvalue weighted by Crippen LogP contribution is 2.17. The van der Waals surface area contributed by atoms with Gasteiger partial charge in [0.25, 0.3) is 0 Å². The molecule has 2 N–H and O–H groups in total. The first-order valence-corrected chi connectivity index (χ1v) is 11.5. The first-order chi connectivity index (χ1) is 15.1. The lowest BCUT2D eigenvalue weighted by molar-refractivity contribution is 0.401. The summed E-state index contributed by atoms with van der Waals surface area (Å²) in [6, 6.07) is 16.1. The molecule has 3 aromatic carbocycles. The molecule has 0 bridgehead atoms. The van der Waals surface area contributed by atoms with E-state index in [4.69, 9.17) is 11.0 Å². The summed E-state index contributed by atoms with van der Waals surface area (Å²) in [4.78, 5) is 2.00. The highest BCUT2D eigenvalue weighted by Gasteiger charge is 2.01. The molecule has 9 heteroatoms. The van der Waals surface area contributed by atoms with Crippen LogP contribution in [0.15, 0.2) is 68.0 Å². The Morgan fingerprint density at radius 2 is 1.22 bits per heavy atom. The summed E-state index contributed by atoms with van der Waals surface area (Å²) in [5.74, 6) is -0.864. The minimum Gasteiger partial charge on any atom is -0.326 e. The van der Waals surface area contributed by atoms with Gasteiger partial charge in [-0.25, -0.2) is 13.2 Å². The third kappa shape index (κ3) is 10.3. The maximum Gasteiger partial charge on any atom is 0.138 e. The number of nitrogens with zero attached hydrogens (tertiary/aromatic N) is 2. The van der Waals surface area contributed by atoms with Gasteiger partial charge in [0.05, 0.1) is 25.1 Å². The molecule has 0 radical (unpaired) electrons. The Bertz CT molecular complexity index is 1070. The summed E-state index contributed by atoms with van der Waals surface area (Å²) in [6.07, 6.45) is 0. The molecule has 0 aliphatic rings. The van der Waals surface area contributed by atoms with E-state index in [1.165, 1.54) is 18.2 Å². The smallest absolute Gasteiger partial charge is 0.138 e. The summed E-state index contributed by atoms with van der Waals surface area (Å²) in [6.45, 7) is 1.15. The van der Waals surface area contributed by atoms with E-state index in [2.05, 4.69) is 47.8 Å². The summed E-state index contributed by atoms with van der Waals surface area (Å²) in [5, 5.41) is 8.32. The van der Waals surface area contributed by atoms with Gasteiger partial charge in [0.2, 0.25) is 0 Å². The average molecular weight is 636 g/mol. The first-order valence-electron chi connectivity index (χ1n) is 9.15. The zero-order valence-corrected chi connectivity index (χ0v) is 22.1. The molecular weight excluding hydrogens is 615 g/mol. The largest absolute Gasteiger partial charge is 0.326 e. The van der Waals surface area contributed by atoms with Gasteiger partial charge < -0.3 is 10.6 Å². The van der Waals surface area contributed by atoms with Gasteiger partial charge in [-0.3, -0.25) is 0 Å². The average Bonchev–Trinajstić information content (AvgIpc) is 2.75. The second kappa shape index (κ2) is 14.4. The van der Waals surface area contributed by atoms with Crippen LogP contribution in [0, 0.1) is 28.8 Å². The van der Waals surface area contributed by atoms with Gasteiger partial charge in [-0.2, -0.15) is 5.26 Å². The fraction of sp³-hybridized carbons (Fsp3) is 0.174. The second-order valence-corrected chi connectivity index (χ2v) is 9.24. The van der Waals surface area contributed by atoms with Gasteiger partial charge in [-0.15, -0.1) is 0 Å². The number of hydrogen-bond acceptors (Lipinski definition) is 3. The standard InChI is InChI=1S/C9H11BrFN.C7H7BrFN.C7H3BrFN/c1-12(2)6-7-3-4-8(10)9(11)5-7;2*8-6-2-1-5(4-10)3-7(6)9/h3-5H,6H2,1-2H3;1-3H,4,10H2;1-3H. The molecule has 0 amide bonds. The molecule has 0 spiro atoms. The van der Waals surface area contributed by atoms with Crippen molar-refractivity contribution in [1.82, 2.24) is 4.90 Å². The van der Waals surface area contributed by atoms with E-state index in [1.54, 1.807) is 30.3 Å². The van der Waals surface area contributed by atoms with Crippen LogP contribution < -0.4 is 5.73 Å². The predicted molar refractivity (Wildman–Crippen MR) is 132 cm³/mol. The van der Waals surface area contributed by atoms with E-state index in [9.17, 15) is 13.2 Å². The van der Waals surface area contributed by atoms with Crippen molar-refractivity contribution in [3.8, 4) is 6.07 Å². The van der Waals surface area contributed by atoms with Gasteiger partial charge in [0.1, 0.15) is 17.5 Å². The fourth-order valence-electron chi connectivity index (χ4n) is 2.24. The summed E-state index contributed by atoms with van der Waals surface area (Å²) >= 11 is 9.12. The van der Waals surface area contributed by atoms with E-state index in [-0.39, 0.29) is 11.6 Å². The molecule has 0 heterocycles. The molecule has 0 aliphatic heterocycles. The van der Waals surface area contributed by atoms with Crippen molar-refractivity contribution < 1.29 is 13.2 Å². The van der Waals surface area contributed by atoms with Gasteiger partial charge >= 0.3 is 0 Å². The number of benzene rings is 3. The molecule has 3 nitrogen and oxygen atoms in total. The number of halogens is 6. The van der Waals surface area contributed by atoms with Crippen LogP contribution in [-0.4, -0.2) is 19.0 Å². The zero-order valence-electron chi connectivity index (χ0n) is 17.3. The third-order valence-corrected chi connectivity index (χ3v) is 5.68. The highest BCUT2D eigenvalue weighted by atomic mass is 79.9. The normalized spacial score (nSPS) is 9.91. The van der Waals surface area contributed by atoms with Crippen LogP contribution in [0.2, 0.25) is 0 Å². The van der Waals surface area contributed by atoms with Crippen molar-refractivity contribution in [2.75, 3.05) is 14.1 Å².